The van der Waals surface area contributed by atoms with Gasteiger partial charge in [0.1, 0.15) is 0 Å². The average molecular weight is 214 g/mol. The van der Waals surface area contributed by atoms with Crippen LogP contribution in [0.2, 0.25) is 5.02 Å². The summed E-state index contributed by atoms with van der Waals surface area (Å²) in [6.07, 6.45) is 0.571. The van der Waals surface area contributed by atoms with Crippen molar-refractivity contribution in [2.45, 2.75) is 26.3 Å². The molecule has 0 aliphatic heterocycles. The largest absolute Gasteiger partial charge is 0.396 e. The Morgan fingerprint density at radius 1 is 1.43 bits per heavy atom. The summed E-state index contributed by atoms with van der Waals surface area (Å²) < 4.78 is 0. The predicted molar refractivity (Wildman–Crippen MR) is 59.6 cm³/mol. The van der Waals surface area contributed by atoms with E-state index in [4.69, 9.17) is 22.4 Å². The minimum absolute atomic E-state index is 0.104. The van der Waals surface area contributed by atoms with Gasteiger partial charge in [-0.2, -0.15) is 0 Å². The first kappa shape index (κ1) is 11.5. The van der Waals surface area contributed by atoms with Crippen molar-refractivity contribution < 1.29 is 5.11 Å². The summed E-state index contributed by atoms with van der Waals surface area (Å²) in [5.41, 5.74) is 9.17. The summed E-state index contributed by atoms with van der Waals surface area (Å²) in [4.78, 5) is 0. The Morgan fingerprint density at radius 3 is 2.64 bits per heavy atom. The van der Waals surface area contributed by atoms with E-state index >= 15 is 0 Å². The van der Waals surface area contributed by atoms with Crippen LogP contribution in [0, 0.1) is 13.8 Å². The number of aliphatic hydroxyl groups is 1. The zero-order valence-electron chi connectivity index (χ0n) is 8.55. The van der Waals surface area contributed by atoms with Crippen LogP contribution in [0.3, 0.4) is 0 Å². The molecule has 0 radical (unpaired) electrons. The Labute approximate surface area is 89.7 Å². The third kappa shape index (κ3) is 2.27. The molecule has 3 N–H and O–H groups in total. The number of halogens is 1. The van der Waals surface area contributed by atoms with Crippen LogP contribution in [0.25, 0.3) is 0 Å². The number of rotatable bonds is 3. The Balaban J connectivity index is 3.11. The number of aliphatic hydroxyl groups excluding tert-OH is 1. The van der Waals surface area contributed by atoms with Crippen LogP contribution in [0.15, 0.2) is 12.1 Å². The highest BCUT2D eigenvalue weighted by atomic mass is 35.5. The zero-order valence-corrected chi connectivity index (χ0v) is 9.30. The summed E-state index contributed by atoms with van der Waals surface area (Å²) in [7, 11) is 0. The predicted octanol–water partition coefficient (Wildman–Crippen LogP) is 2.34. The summed E-state index contributed by atoms with van der Waals surface area (Å²) in [6, 6.07) is 3.71. The third-order valence-corrected chi connectivity index (χ3v) is 2.89. The molecule has 1 unspecified atom stereocenters. The van der Waals surface area contributed by atoms with Crippen molar-refractivity contribution in [1.29, 1.82) is 0 Å². The van der Waals surface area contributed by atoms with Crippen molar-refractivity contribution >= 4 is 11.6 Å². The van der Waals surface area contributed by atoms with Crippen LogP contribution in [-0.4, -0.2) is 11.7 Å². The van der Waals surface area contributed by atoms with Crippen LogP contribution in [0.5, 0.6) is 0 Å². The number of hydrogen-bond donors (Lipinski definition) is 2. The lowest BCUT2D eigenvalue weighted by Gasteiger charge is -2.17. The van der Waals surface area contributed by atoms with Gasteiger partial charge in [0.2, 0.25) is 0 Å². The Hall–Kier alpha value is -0.570. The number of nitrogens with two attached hydrogens (primary N) is 1. The Bertz CT molecular complexity index is 325. The molecule has 3 heteroatoms. The van der Waals surface area contributed by atoms with Crippen molar-refractivity contribution in [3.8, 4) is 0 Å². The van der Waals surface area contributed by atoms with Gasteiger partial charge >= 0.3 is 0 Å². The fourth-order valence-electron chi connectivity index (χ4n) is 1.69. The van der Waals surface area contributed by atoms with Crippen LogP contribution < -0.4 is 5.73 Å². The van der Waals surface area contributed by atoms with Gasteiger partial charge in [-0.3, -0.25) is 0 Å². The maximum absolute atomic E-state index is 8.84. The standard InChI is InChI=1S/C11H16ClNO/c1-7-3-4-9(12)8(2)11(7)10(13)5-6-14/h3-4,10,14H,5-6,13H2,1-2H3. The van der Waals surface area contributed by atoms with Crippen LogP contribution in [0.4, 0.5) is 0 Å². The molecule has 0 aliphatic rings. The highest BCUT2D eigenvalue weighted by molar-refractivity contribution is 6.31. The van der Waals surface area contributed by atoms with E-state index in [1.165, 1.54) is 0 Å². The lowest BCUT2D eigenvalue weighted by atomic mass is 9.95. The highest BCUT2D eigenvalue weighted by Crippen LogP contribution is 2.27. The number of aryl methyl sites for hydroxylation is 1. The lowest BCUT2D eigenvalue weighted by molar-refractivity contribution is 0.276. The Morgan fingerprint density at radius 2 is 2.07 bits per heavy atom. The fourth-order valence-corrected chi connectivity index (χ4v) is 1.86. The van der Waals surface area contributed by atoms with E-state index < -0.39 is 0 Å². The molecule has 0 saturated carbocycles. The maximum Gasteiger partial charge on any atom is 0.0449 e. The summed E-state index contributed by atoms with van der Waals surface area (Å²) in [6.45, 7) is 4.07. The molecule has 0 spiro atoms. The third-order valence-electron chi connectivity index (χ3n) is 2.48. The van der Waals surface area contributed by atoms with E-state index in [-0.39, 0.29) is 12.6 Å². The zero-order chi connectivity index (χ0) is 10.7. The SMILES string of the molecule is Cc1ccc(Cl)c(C)c1C(N)CCO. The molecule has 1 aromatic carbocycles. The lowest BCUT2D eigenvalue weighted by Crippen LogP contribution is -2.15. The minimum atomic E-state index is -0.126. The van der Waals surface area contributed by atoms with Gasteiger partial charge in [0.15, 0.2) is 0 Å². The van der Waals surface area contributed by atoms with Crippen molar-refractivity contribution in [3.63, 3.8) is 0 Å². The quantitative estimate of drug-likeness (QED) is 0.810. The van der Waals surface area contributed by atoms with Gasteiger partial charge in [0.05, 0.1) is 0 Å². The van der Waals surface area contributed by atoms with Gasteiger partial charge in [-0.25, -0.2) is 0 Å². The fraction of sp³-hybridized carbons (Fsp3) is 0.455. The van der Waals surface area contributed by atoms with Gasteiger partial charge in [-0.1, -0.05) is 17.7 Å². The van der Waals surface area contributed by atoms with Crippen LogP contribution >= 0.6 is 11.6 Å². The first-order chi connectivity index (χ1) is 6.57. The number of benzene rings is 1. The van der Waals surface area contributed by atoms with E-state index in [9.17, 15) is 0 Å². The summed E-state index contributed by atoms with van der Waals surface area (Å²) in [5, 5.41) is 9.57. The molecule has 14 heavy (non-hydrogen) atoms. The molecule has 0 aliphatic carbocycles. The molecular formula is C11H16ClNO. The molecule has 0 aromatic heterocycles. The van der Waals surface area contributed by atoms with Gasteiger partial charge in [0, 0.05) is 17.7 Å². The van der Waals surface area contributed by atoms with Gasteiger partial charge in [0.25, 0.3) is 0 Å². The first-order valence-corrected chi connectivity index (χ1v) is 5.07. The van der Waals surface area contributed by atoms with Gasteiger partial charge < -0.3 is 10.8 Å². The van der Waals surface area contributed by atoms with E-state index in [2.05, 4.69) is 0 Å². The van der Waals surface area contributed by atoms with Crippen molar-refractivity contribution in [2.75, 3.05) is 6.61 Å². The molecule has 1 rings (SSSR count). The minimum Gasteiger partial charge on any atom is -0.396 e. The average Bonchev–Trinajstić information content (AvgIpc) is 2.13. The molecule has 0 heterocycles. The normalized spacial score (nSPS) is 12.9. The molecule has 0 amide bonds. The van der Waals surface area contributed by atoms with Crippen molar-refractivity contribution in [3.05, 3.63) is 33.8 Å². The van der Waals surface area contributed by atoms with Crippen LogP contribution in [0.1, 0.15) is 29.2 Å². The molecule has 1 aromatic rings. The Kier molecular flexibility index (Phi) is 3.93. The van der Waals surface area contributed by atoms with E-state index in [1.807, 2.05) is 26.0 Å². The summed E-state index contributed by atoms with van der Waals surface area (Å²) >= 11 is 6.01. The topological polar surface area (TPSA) is 46.2 Å². The van der Waals surface area contributed by atoms with E-state index in [0.717, 1.165) is 21.7 Å². The summed E-state index contributed by atoms with van der Waals surface area (Å²) in [5.74, 6) is 0. The molecular weight excluding hydrogens is 198 g/mol. The molecule has 0 saturated heterocycles. The first-order valence-electron chi connectivity index (χ1n) is 4.70. The molecule has 1 atom stereocenters. The van der Waals surface area contributed by atoms with Crippen LogP contribution in [-0.2, 0) is 0 Å². The van der Waals surface area contributed by atoms with Gasteiger partial charge in [-0.05, 0) is 43.0 Å². The monoisotopic (exact) mass is 213 g/mol. The van der Waals surface area contributed by atoms with Crippen molar-refractivity contribution in [1.82, 2.24) is 0 Å². The second-order valence-corrected chi connectivity index (χ2v) is 3.93. The number of hydrogen-bond acceptors (Lipinski definition) is 2. The van der Waals surface area contributed by atoms with E-state index in [0.29, 0.717) is 6.42 Å². The van der Waals surface area contributed by atoms with Crippen molar-refractivity contribution in [2.24, 2.45) is 5.73 Å². The molecule has 0 bridgehead atoms. The highest BCUT2D eigenvalue weighted by Gasteiger charge is 2.13. The second kappa shape index (κ2) is 4.78. The van der Waals surface area contributed by atoms with E-state index in [1.54, 1.807) is 0 Å². The smallest absolute Gasteiger partial charge is 0.0449 e. The molecule has 78 valence electrons. The maximum atomic E-state index is 8.84. The molecule has 2 nitrogen and oxygen atoms in total. The second-order valence-electron chi connectivity index (χ2n) is 3.52. The molecule has 0 fully saturated rings. The van der Waals surface area contributed by atoms with Gasteiger partial charge in [-0.15, -0.1) is 0 Å².